The van der Waals surface area contributed by atoms with E-state index in [0.717, 1.165) is 5.56 Å². The summed E-state index contributed by atoms with van der Waals surface area (Å²) >= 11 is 1.35. The van der Waals surface area contributed by atoms with Gasteiger partial charge in [-0.05, 0) is 38.3 Å². The van der Waals surface area contributed by atoms with Gasteiger partial charge < -0.3 is 65.3 Å². The number of ketones is 3. The van der Waals surface area contributed by atoms with Crippen LogP contribution in [0.5, 0.6) is 17.2 Å². The van der Waals surface area contributed by atoms with Crippen LogP contribution in [0.25, 0.3) is 0 Å². The molecule has 3 aliphatic heterocycles. The number of carbonyl (C=O) groups excluding carboxylic acids is 8. The summed E-state index contributed by atoms with van der Waals surface area (Å²) in [5.74, 6) is -6.38. The summed E-state index contributed by atoms with van der Waals surface area (Å²) in [5.41, 5.74) is -3.62. The van der Waals surface area contributed by atoms with Gasteiger partial charge in [-0.15, -0.1) is 11.8 Å². The van der Waals surface area contributed by atoms with Crippen molar-refractivity contribution in [3.8, 4) is 17.2 Å². The summed E-state index contributed by atoms with van der Waals surface area (Å²) < 4.78 is 23.0. The van der Waals surface area contributed by atoms with Crippen LogP contribution in [-0.4, -0.2) is 169 Å². The average Bonchev–Trinajstić information content (AvgIpc) is 4.08. The number of likely N-dealkylation sites (tertiary alicyclic amines) is 1. The summed E-state index contributed by atoms with van der Waals surface area (Å²) in [6.07, 6.45) is -6.91. The van der Waals surface area contributed by atoms with Crippen LogP contribution < -0.4 is 20.7 Å². The Morgan fingerprint density at radius 1 is 0.944 bits per heavy atom. The van der Waals surface area contributed by atoms with E-state index < -0.39 is 150 Å². The number of phenols is 2. The highest BCUT2D eigenvalue weighted by Crippen LogP contribution is 2.52. The molecular formula is C49H55N5O17S. The number of fused-ring (bicyclic) bond motifs is 3. The molecule has 72 heavy (non-hydrogen) atoms. The monoisotopic (exact) mass is 1020 g/mol. The standard InChI is InChI=1S/C49H55N5O17S/c1-23(51-47(65)30-21-72-22-54(30)48(66)69-20-25-9-5-4-6-10-25)45(63)50-18-34(57)53-14-8-12-29(53)46(64)52-28-15-35(70-24(2)40(28)58)71-32-17-49(67,33(56)19-55)16-27-37(32)44(62)39-38(42(27)60)41(59)26-11-7-13-31(68-3)36(26)43(39)61/h4-7,9-11,13,23-24,28-30,32,35,40,55,58,60,62,67H,8,12,14-22H2,1-3H3,(H,50,63)(H,51,65)(H,52,64)/t23-,24-,28-,29-,30-,32+,35+,40+,49-/m0/s1. The minimum Gasteiger partial charge on any atom is -0.507 e. The second-order valence-corrected chi connectivity index (χ2v) is 19.3. The highest BCUT2D eigenvalue weighted by molar-refractivity contribution is 7.99. The highest BCUT2D eigenvalue weighted by atomic mass is 32.2. The molecule has 8 rings (SSSR count). The minimum atomic E-state index is -2.41. The average molecular weight is 1020 g/mol. The third-order valence-corrected chi connectivity index (χ3v) is 14.8. The zero-order valence-corrected chi connectivity index (χ0v) is 40.3. The van der Waals surface area contributed by atoms with E-state index in [1.54, 1.807) is 24.3 Å². The molecule has 3 aromatic carbocycles. The van der Waals surface area contributed by atoms with Gasteiger partial charge in [-0.25, -0.2) is 4.79 Å². The van der Waals surface area contributed by atoms with Crippen molar-refractivity contribution in [1.29, 1.82) is 0 Å². The first-order chi connectivity index (χ1) is 34.4. The lowest BCUT2D eigenvalue weighted by Gasteiger charge is -2.43. The van der Waals surface area contributed by atoms with E-state index in [-0.39, 0.29) is 65.6 Å². The number of rotatable bonds is 14. The van der Waals surface area contributed by atoms with Gasteiger partial charge in [-0.1, -0.05) is 42.5 Å². The number of hydrogen-bond donors (Lipinski definition) is 8. The lowest BCUT2D eigenvalue weighted by molar-refractivity contribution is -0.249. The van der Waals surface area contributed by atoms with E-state index in [1.165, 1.54) is 60.7 Å². The first kappa shape index (κ1) is 51.7. The molecule has 3 fully saturated rings. The Morgan fingerprint density at radius 3 is 2.40 bits per heavy atom. The molecule has 3 heterocycles. The van der Waals surface area contributed by atoms with Crippen LogP contribution in [0.1, 0.15) is 94.2 Å². The lowest BCUT2D eigenvalue weighted by atomic mass is 9.72. The molecule has 0 unspecified atom stereocenters. The molecule has 0 aromatic heterocycles. The maximum Gasteiger partial charge on any atom is 0.411 e. The van der Waals surface area contributed by atoms with Crippen LogP contribution in [0.4, 0.5) is 4.79 Å². The van der Waals surface area contributed by atoms with Gasteiger partial charge in [0.25, 0.3) is 0 Å². The molecule has 3 saturated heterocycles. The zero-order valence-electron chi connectivity index (χ0n) is 39.5. The number of thioether (sulfide) groups is 1. The lowest BCUT2D eigenvalue weighted by Crippen LogP contribution is -2.59. The Balaban J connectivity index is 0.910. The predicted octanol–water partition coefficient (Wildman–Crippen LogP) is 0.482. The van der Waals surface area contributed by atoms with Crippen molar-refractivity contribution in [3.63, 3.8) is 0 Å². The van der Waals surface area contributed by atoms with Gasteiger partial charge >= 0.3 is 6.09 Å². The number of amides is 5. The predicted molar refractivity (Wildman–Crippen MR) is 251 cm³/mol. The van der Waals surface area contributed by atoms with Gasteiger partial charge in [0.05, 0.1) is 54.5 Å². The van der Waals surface area contributed by atoms with Gasteiger partial charge in [0.15, 0.2) is 17.9 Å². The number of methoxy groups -OCH3 is 1. The summed E-state index contributed by atoms with van der Waals surface area (Å²) in [6.45, 7) is 1.43. The molecule has 3 aromatic rings. The van der Waals surface area contributed by atoms with Gasteiger partial charge in [-0.2, -0.15) is 0 Å². The van der Waals surface area contributed by atoms with Crippen molar-refractivity contribution >= 4 is 58.8 Å². The Kier molecular flexibility index (Phi) is 15.2. The molecule has 22 nitrogen and oxygen atoms in total. The van der Waals surface area contributed by atoms with Crippen molar-refractivity contribution in [2.45, 2.75) is 107 Å². The molecule has 8 N–H and O–H groups in total. The maximum absolute atomic E-state index is 14.1. The van der Waals surface area contributed by atoms with E-state index >= 15 is 0 Å². The normalized spacial score (nSPS) is 25.9. The number of aliphatic hydroxyl groups excluding tert-OH is 2. The number of Topliss-reactive ketones (excluding diaryl/α,β-unsaturated/α-hetero) is 1. The number of benzene rings is 3. The third-order valence-electron chi connectivity index (χ3n) is 13.8. The van der Waals surface area contributed by atoms with Crippen LogP contribution >= 0.6 is 11.8 Å². The third kappa shape index (κ3) is 9.95. The van der Waals surface area contributed by atoms with E-state index in [1.807, 2.05) is 6.07 Å². The first-order valence-corrected chi connectivity index (χ1v) is 24.5. The highest BCUT2D eigenvalue weighted by Gasteiger charge is 2.51. The fourth-order valence-corrected chi connectivity index (χ4v) is 11.1. The smallest absolute Gasteiger partial charge is 0.411 e. The van der Waals surface area contributed by atoms with Crippen molar-refractivity contribution in [3.05, 3.63) is 87.5 Å². The molecule has 384 valence electrons. The summed E-state index contributed by atoms with van der Waals surface area (Å²) in [7, 11) is 1.29. The number of phenolic OH excluding ortho intramolecular Hbond substituents is 2. The molecule has 23 heteroatoms. The summed E-state index contributed by atoms with van der Waals surface area (Å²) in [6, 6.07) is 9.15. The summed E-state index contributed by atoms with van der Waals surface area (Å²) in [5, 5.41) is 64.2. The van der Waals surface area contributed by atoms with Crippen LogP contribution in [0, 0.1) is 0 Å². The first-order valence-electron chi connectivity index (χ1n) is 23.3. The van der Waals surface area contributed by atoms with Crippen molar-refractivity contribution in [2.24, 2.45) is 0 Å². The molecule has 0 bridgehead atoms. The largest absolute Gasteiger partial charge is 0.507 e. The number of aromatic hydroxyl groups is 2. The number of carbonyl (C=O) groups is 8. The Morgan fingerprint density at radius 2 is 1.68 bits per heavy atom. The fraction of sp³-hybridized carbons (Fsp3) is 0.469. The number of ether oxygens (including phenoxy) is 4. The number of aliphatic hydroxyl groups is 3. The molecule has 5 aliphatic rings. The van der Waals surface area contributed by atoms with Crippen LogP contribution in [0.3, 0.4) is 0 Å². The molecule has 0 saturated carbocycles. The van der Waals surface area contributed by atoms with E-state index in [4.69, 9.17) is 18.9 Å². The van der Waals surface area contributed by atoms with Crippen LogP contribution in [0.2, 0.25) is 0 Å². The number of nitrogens with one attached hydrogen (secondary N) is 3. The Hall–Kier alpha value is -6.63. The molecule has 0 radical (unpaired) electrons. The van der Waals surface area contributed by atoms with Crippen LogP contribution in [-0.2, 0) is 51.2 Å². The van der Waals surface area contributed by atoms with Gasteiger partial charge in [-0.3, -0.25) is 38.5 Å². The van der Waals surface area contributed by atoms with E-state index in [9.17, 15) is 63.9 Å². The Bertz CT molecular complexity index is 2690. The molecule has 0 spiro atoms. The van der Waals surface area contributed by atoms with Crippen molar-refractivity contribution in [2.75, 3.05) is 38.4 Å². The quantitative estimate of drug-likeness (QED) is 0.0797. The second kappa shape index (κ2) is 21.2. The number of nitrogens with zero attached hydrogens (tertiary/aromatic N) is 2. The summed E-state index contributed by atoms with van der Waals surface area (Å²) in [4.78, 5) is 110. The van der Waals surface area contributed by atoms with Gasteiger partial charge in [0, 0.05) is 48.3 Å². The second-order valence-electron chi connectivity index (χ2n) is 18.3. The Labute approximate surface area is 416 Å². The van der Waals surface area contributed by atoms with Crippen molar-refractivity contribution < 1.29 is 82.8 Å². The molecule has 2 aliphatic carbocycles. The van der Waals surface area contributed by atoms with Crippen LogP contribution in [0.15, 0.2) is 48.5 Å². The zero-order chi connectivity index (χ0) is 51.8. The van der Waals surface area contributed by atoms with Gasteiger partial charge in [0.1, 0.15) is 60.3 Å². The fourth-order valence-electron chi connectivity index (χ4n) is 9.91. The molecule has 5 amide bonds. The van der Waals surface area contributed by atoms with E-state index in [2.05, 4.69) is 16.0 Å². The van der Waals surface area contributed by atoms with E-state index in [0.29, 0.717) is 6.42 Å². The molecule has 9 atom stereocenters. The minimum absolute atomic E-state index is 0.0156. The van der Waals surface area contributed by atoms with Gasteiger partial charge in [0.2, 0.25) is 29.4 Å². The topological polar surface area (TPSA) is 317 Å². The van der Waals surface area contributed by atoms with Crippen molar-refractivity contribution in [1.82, 2.24) is 25.8 Å². The molecular weight excluding hydrogens is 963 g/mol. The number of hydrogen-bond acceptors (Lipinski definition) is 18. The SMILES string of the molecule is COc1cccc2c1C(=O)c1c(O)c3c(c(O)c1C2=O)C[C@@](O)(C(=O)CO)C[C@H]3O[C@@H]1C[C@H](NC(=O)[C@@H]2CCCN2C(=O)CNC(=O)[C@H](C)NC(=O)[C@@H]2CSCN2C(=O)OCc2ccccc2)[C@H](O)[C@H](C)O1. The maximum atomic E-state index is 14.1.